The third kappa shape index (κ3) is 2.07. The van der Waals surface area contributed by atoms with E-state index in [4.69, 9.17) is 5.73 Å². The fourth-order valence-electron chi connectivity index (χ4n) is 2.38. The third-order valence-electron chi connectivity index (χ3n) is 3.56. The molecule has 1 fully saturated rings. The first kappa shape index (κ1) is 11.8. The lowest BCUT2D eigenvalue weighted by Crippen LogP contribution is -2.24. The van der Waals surface area contributed by atoms with Gasteiger partial charge in [0.25, 0.3) is 0 Å². The molecule has 5 heteroatoms. The zero-order chi connectivity index (χ0) is 13.4. The summed E-state index contributed by atoms with van der Waals surface area (Å²) in [6, 6.07) is 7.48. The third-order valence-corrected chi connectivity index (χ3v) is 3.56. The molecule has 1 amide bonds. The highest BCUT2D eigenvalue weighted by Crippen LogP contribution is 2.25. The van der Waals surface area contributed by atoms with Gasteiger partial charge in [-0.25, -0.2) is 0 Å². The van der Waals surface area contributed by atoms with Crippen LogP contribution >= 0.6 is 0 Å². The summed E-state index contributed by atoms with van der Waals surface area (Å²) in [6.07, 6.45) is 4.53. The van der Waals surface area contributed by atoms with Crippen LogP contribution in [0.2, 0.25) is 0 Å². The van der Waals surface area contributed by atoms with Gasteiger partial charge in [-0.15, -0.1) is 0 Å². The summed E-state index contributed by atoms with van der Waals surface area (Å²) in [6.45, 7) is 0.792. The molecule has 1 aromatic carbocycles. The number of nitrogens with two attached hydrogens (primary N) is 1. The van der Waals surface area contributed by atoms with Crippen molar-refractivity contribution in [1.82, 2.24) is 14.7 Å². The van der Waals surface area contributed by atoms with Gasteiger partial charge in [0.1, 0.15) is 6.04 Å². The van der Waals surface area contributed by atoms with E-state index >= 15 is 0 Å². The van der Waals surface area contributed by atoms with E-state index in [9.17, 15) is 4.79 Å². The van der Waals surface area contributed by atoms with Crippen molar-refractivity contribution in [2.75, 3.05) is 19.3 Å². The summed E-state index contributed by atoms with van der Waals surface area (Å²) in [7, 11) is 1.83. The molecule has 98 valence electrons. The zero-order valence-electron chi connectivity index (χ0n) is 10.8. The van der Waals surface area contributed by atoms with E-state index in [2.05, 4.69) is 5.10 Å². The smallest absolute Gasteiger partial charge is 0.247 e. The molecule has 1 aliphatic heterocycles. The lowest BCUT2D eigenvalue weighted by atomic mass is 10.1. The standard InChI is InChI=1S/C14H16N4O/c1-17-7-6-13(14(17)19)18-9-11(8-16-18)10-2-4-12(15)5-3-10/h2-5,8-9,13H,6-7,15H2,1H3. The number of hydrogen-bond acceptors (Lipinski definition) is 3. The number of benzene rings is 1. The number of hydrogen-bond donors (Lipinski definition) is 1. The molecule has 2 heterocycles. The number of nitrogen functional groups attached to an aromatic ring is 1. The Morgan fingerprint density at radius 2 is 2.00 bits per heavy atom. The Morgan fingerprint density at radius 1 is 1.26 bits per heavy atom. The number of amides is 1. The molecule has 0 radical (unpaired) electrons. The average molecular weight is 256 g/mol. The molecule has 3 rings (SSSR count). The molecule has 19 heavy (non-hydrogen) atoms. The minimum absolute atomic E-state index is 0.131. The van der Waals surface area contributed by atoms with Crippen molar-refractivity contribution >= 4 is 11.6 Å². The Balaban J connectivity index is 1.87. The van der Waals surface area contributed by atoms with Crippen molar-refractivity contribution in [3.8, 4) is 11.1 Å². The number of aromatic nitrogens is 2. The molecule has 0 bridgehead atoms. The molecular formula is C14H16N4O. The second kappa shape index (κ2) is 4.42. The van der Waals surface area contributed by atoms with Gasteiger partial charge in [-0.05, 0) is 24.1 Å². The van der Waals surface area contributed by atoms with Crippen molar-refractivity contribution in [1.29, 1.82) is 0 Å². The van der Waals surface area contributed by atoms with Gasteiger partial charge < -0.3 is 10.6 Å². The Labute approximate surface area is 111 Å². The number of likely N-dealkylation sites (N-methyl/N-ethyl adjacent to an activating group) is 1. The van der Waals surface area contributed by atoms with Crippen LogP contribution in [0.5, 0.6) is 0 Å². The maximum Gasteiger partial charge on any atom is 0.247 e. The molecule has 5 nitrogen and oxygen atoms in total. The van der Waals surface area contributed by atoms with Crippen LogP contribution in [0.1, 0.15) is 12.5 Å². The zero-order valence-corrected chi connectivity index (χ0v) is 10.8. The van der Waals surface area contributed by atoms with Crippen molar-refractivity contribution in [3.05, 3.63) is 36.7 Å². The number of carbonyl (C=O) groups is 1. The summed E-state index contributed by atoms with van der Waals surface area (Å²) < 4.78 is 1.76. The fourth-order valence-corrected chi connectivity index (χ4v) is 2.38. The quantitative estimate of drug-likeness (QED) is 0.829. The summed E-state index contributed by atoms with van der Waals surface area (Å²) in [5.41, 5.74) is 8.47. The molecule has 1 aromatic heterocycles. The number of nitrogens with zero attached hydrogens (tertiary/aromatic N) is 3. The van der Waals surface area contributed by atoms with Crippen molar-refractivity contribution < 1.29 is 4.79 Å². The lowest BCUT2D eigenvalue weighted by Gasteiger charge is -2.10. The van der Waals surface area contributed by atoms with Crippen LogP contribution < -0.4 is 5.73 Å². The van der Waals surface area contributed by atoms with Gasteiger partial charge in [-0.1, -0.05) is 12.1 Å². The van der Waals surface area contributed by atoms with E-state index in [1.165, 1.54) is 0 Å². The molecule has 1 atom stereocenters. The first-order valence-electron chi connectivity index (χ1n) is 6.30. The lowest BCUT2D eigenvalue weighted by molar-refractivity contribution is -0.129. The van der Waals surface area contributed by atoms with Crippen LogP contribution in [-0.2, 0) is 4.79 Å². The van der Waals surface area contributed by atoms with Crippen molar-refractivity contribution in [3.63, 3.8) is 0 Å². The van der Waals surface area contributed by atoms with Crippen LogP contribution in [0.15, 0.2) is 36.7 Å². The minimum Gasteiger partial charge on any atom is -0.399 e. The van der Waals surface area contributed by atoms with Gasteiger partial charge in [-0.3, -0.25) is 9.48 Å². The number of carbonyl (C=O) groups excluding carboxylic acids is 1. The van der Waals surface area contributed by atoms with E-state index < -0.39 is 0 Å². The highest BCUT2D eigenvalue weighted by atomic mass is 16.2. The maximum absolute atomic E-state index is 11.9. The molecule has 1 aliphatic rings. The molecule has 1 unspecified atom stereocenters. The molecule has 0 spiro atoms. The maximum atomic E-state index is 11.9. The second-order valence-electron chi connectivity index (χ2n) is 4.90. The fraction of sp³-hybridized carbons (Fsp3) is 0.286. The highest BCUT2D eigenvalue weighted by Gasteiger charge is 2.31. The van der Waals surface area contributed by atoms with Gasteiger partial charge in [-0.2, -0.15) is 5.10 Å². The van der Waals surface area contributed by atoms with Gasteiger partial charge in [0.15, 0.2) is 0 Å². The number of rotatable bonds is 2. The summed E-state index contributed by atoms with van der Waals surface area (Å²) in [5.74, 6) is 0.131. The summed E-state index contributed by atoms with van der Waals surface area (Å²) in [4.78, 5) is 13.7. The van der Waals surface area contributed by atoms with Crippen LogP contribution in [0, 0.1) is 0 Å². The van der Waals surface area contributed by atoms with Gasteiger partial charge in [0.05, 0.1) is 6.20 Å². The van der Waals surface area contributed by atoms with E-state index in [0.29, 0.717) is 0 Å². The normalized spacial score (nSPS) is 19.1. The number of likely N-dealkylation sites (tertiary alicyclic amines) is 1. The Bertz CT molecular complexity index is 602. The Morgan fingerprint density at radius 3 is 2.63 bits per heavy atom. The number of anilines is 1. The predicted molar refractivity (Wildman–Crippen MR) is 73.4 cm³/mol. The van der Waals surface area contributed by atoms with Crippen LogP contribution in [-0.4, -0.2) is 34.2 Å². The van der Waals surface area contributed by atoms with Crippen LogP contribution in [0.4, 0.5) is 5.69 Å². The largest absolute Gasteiger partial charge is 0.399 e. The summed E-state index contributed by atoms with van der Waals surface area (Å²) in [5, 5.41) is 4.32. The Hall–Kier alpha value is -2.30. The topological polar surface area (TPSA) is 64.2 Å². The van der Waals surface area contributed by atoms with E-state index in [1.54, 1.807) is 15.8 Å². The Kier molecular flexibility index (Phi) is 2.74. The minimum atomic E-state index is -0.160. The van der Waals surface area contributed by atoms with Gasteiger partial charge in [0, 0.05) is 31.0 Å². The van der Waals surface area contributed by atoms with Crippen molar-refractivity contribution in [2.45, 2.75) is 12.5 Å². The first-order chi connectivity index (χ1) is 9.15. The van der Waals surface area contributed by atoms with E-state index in [-0.39, 0.29) is 11.9 Å². The highest BCUT2D eigenvalue weighted by molar-refractivity contribution is 5.82. The van der Waals surface area contributed by atoms with Crippen molar-refractivity contribution in [2.24, 2.45) is 0 Å². The molecule has 2 N–H and O–H groups in total. The molecule has 2 aromatic rings. The first-order valence-corrected chi connectivity index (χ1v) is 6.30. The second-order valence-corrected chi connectivity index (χ2v) is 4.90. The summed E-state index contributed by atoms with van der Waals surface area (Å²) >= 11 is 0. The van der Waals surface area contributed by atoms with Crippen LogP contribution in [0.3, 0.4) is 0 Å². The average Bonchev–Trinajstić information content (AvgIpc) is 2.99. The van der Waals surface area contributed by atoms with Crippen LogP contribution in [0.25, 0.3) is 11.1 Å². The molecule has 0 saturated carbocycles. The predicted octanol–water partition coefficient (Wildman–Crippen LogP) is 1.54. The SMILES string of the molecule is CN1CCC(n2cc(-c3ccc(N)cc3)cn2)C1=O. The van der Waals surface area contributed by atoms with Gasteiger partial charge in [0.2, 0.25) is 5.91 Å². The molecular weight excluding hydrogens is 240 g/mol. The molecule has 1 saturated heterocycles. The monoisotopic (exact) mass is 256 g/mol. The van der Waals surface area contributed by atoms with E-state index in [0.717, 1.165) is 29.8 Å². The van der Waals surface area contributed by atoms with Gasteiger partial charge >= 0.3 is 0 Å². The van der Waals surface area contributed by atoms with E-state index in [1.807, 2.05) is 37.5 Å². The molecule has 0 aliphatic carbocycles.